The van der Waals surface area contributed by atoms with Gasteiger partial charge < -0.3 is 15.4 Å². The van der Waals surface area contributed by atoms with E-state index in [0.29, 0.717) is 18.0 Å². The minimum Gasteiger partial charge on any atom is -0.492 e. The first-order valence-corrected chi connectivity index (χ1v) is 6.76. The van der Waals surface area contributed by atoms with Crippen LogP contribution in [0.4, 0.5) is 20.2 Å². The van der Waals surface area contributed by atoms with Gasteiger partial charge in [-0.1, -0.05) is 18.2 Å². The molecule has 0 radical (unpaired) electrons. The van der Waals surface area contributed by atoms with Crippen LogP contribution in [0.25, 0.3) is 0 Å². The van der Waals surface area contributed by atoms with Crippen LogP contribution in [-0.2, 0) is 0 Å². The first-order chi connectivity index (χ1) is 10.1. The summed E-state index contributed by atoms with van der Waals surface area (Å²) in [5, 5.41) is 5.45. The molecule has 110 valence electrons. The molecular weight excluding hydrogens is 294 g/mol. The van der Waals surface area contributed by atoms with Gasteiger partial charge in [0.2, 0.25) is 0 Å². The minimum atomic E-state index is -0.711. The molecule has 2 aromatic carbocycles. The van der Waals surface area contributed by atoms with Crippen molar-refractivity contribution in [1.29, 1.82) is 0 Å². The zero-order valence-electron chi connectivity index (χ0n) is 11.3. The summed E-state index contributed by atoms with van der Waals surface area (Å²) in [7, 11) is 0. The summed E-state index contributed by atoms with van der Waals surface area (Å²) in [6, 6.07) is 10.8. The number of nitrogens with one attached hydrogen (secondary N) is 2. The lowest BCUT2D eigenvalue weighted by Gasteiger charge is -2.14. The minimum absolute atomic E-state index is 0.0751. The van der Waals surface area contributed by atoms with Gasteiger partial charge in [-0.3, -0.25) is 0 Å². The van der Waals surface area contributed by atoms with Gasteiger partial charge in [-0.05, 0) is 43.4 Å². The molecule has 21 heavy (non-hydrogen) atoms. The topological polar surface area (TPSA) is 33.3 Å². The maximum Gasteiger partial charge on any atom is 0.175 e. The van der Waals surface area contributed by atoms with E-state index in [1.165, 1.54) is 6.07 Å². The van der Waals surface area contributed by atoms with Crippen LogP contribution in [0.1, 0.15) is 6.92 Å². The molecule has 0 aliphatic carbocycles. The Balaban J connectivity index is 2.12. The summed E-state index contributed by atoms with van der Waals surface area (Å²) in [5.74, 6) is -0.812. The number of hydrogen-bond acceptors (Lipinski definition) is 2. The zero-order chi connectivity index (χ0) is 15.2. The van der Waals surface area contributed by atoms with E-state index < -0.39 is 11.6 Å². The Morgan fingerprint density at radius 2 is 1.71 bits per heavy atom. The van der Waals surface area contributed by atoms with E-state index in [1.54, 1.807) is 18.2 Å². The van der Waals surface area contributed by atoms with Crippen LogP contribution in [0.15, 0.2) is 42.5 Å². The lowest BCUT2D eigenvalue weighted by Crippen LogP contribution is -2.21. The standard InChI is InChI=1S/C15H14F2N2OS/c1-2-20-13-9-4-3-8-12(13)18-15(21)19-14-10(16)6-5-7-11(14)17/h3-9H,2H2,1H3,(H2,18,19,21). The Morgan fingerprint density at radius 1 is 1.05 bits per heavy atom. The van der Waals surface area contributed by atoms with Gasteiger partial charge in [0, 0.05) is 0 Å². The highest BCUT2D eigenvalue weighted by molar-refractivity contribution is 7.80. The number of ether oxygens (including phenoxy) is 1. The molecule has 3 nitrogen and oxygen atoms in total. The van der Waals surface area contributed by atoms with E-state index in [1.807, 2.05) is 13.0 Å². The van der Waals surface area contributed by atoms with Gasteiger partial charge in [-0.25, -0.2) is 8.78 Å². The third-order valence-electron chi connectivity index (χ3n) is 2.64. The third kappa shape index (κ3) is 3.88. The molecule has 0 amide bonds. The van der Waals surface area contributed by atoms with E-state index in [0.717, 1.165) is 12.1 Å². The molecule has 0 aromatic heterocycles. The predicted octanol–water partition coefficient (Wildman–Crippen LogP) is 4.17. The largest absolute Gasteiger partial charge is 0.492 e. The third-order valence-corrected chi connectivity index (χ3v) is 2.84. The van der Waals surface area contributed by atoms with Crippen molar-refractivity contribution in [3.8, 4) is 5.75 Å². The summed E-state index contributed by atoms with van der Waals surface area (Å²) in [4.78, 5) is 0. The number of rotatable bonds is 4. The summed E-state index contributed by atoms with van der Waals surface area (Å²) in [6.45, 7) is 2.36. The van der Waals surface area contributed by atoms with Crippen LogP contribution >= 0.6 is 12.2 Å². The van der Waals surface area contributed by atoms with Gasteiger partial charge in [0.25, 0.3) is 0 Å². The molecule has 2 rings (SSSR count). The van der Waals surface area contributed by atoms with Crippen molar-refractivity contribution in [2.45, 2.75) is 6.92 Å². The van der Waals surface area contributed by atoms with Crippen LogP contribution in [0.2, 0.25) is 0 Å². The lowest BCUT2D eigenvalue weighted by molar-refractivity contribution is 0.342. The van der Waals surface area contributed by atoms with Crippen molar-refractivity contribution >= 4 is 28.7 Å². The number of thiocarbonyl (C=S) groups is 1. The van der Waals surface area contributed by atoms with Gasteiger partial charge in [0.1, 0.15) is 23.1 Å². The molecule has 0 atom stereocenters. The van der Waals surface area contributed by atoms with Gasteiger partial charge in [-0.2, -0.15) is 0 Å². The fourth-order valence-electron chi connectivity index (χ4n) is 1.74. The van der Waals surface area contributed by atoms with Crippen molar-refractivity contribution < 1.29 is 13.5 Å². The SMILES string of the molecule is CCOc1ccccc1NC(=S)Nc1c(F)cccc1F. The number of para-hydroxylation sites is 3. The van der Waals surface area contributed by atoms with Gasteiger partial charge in [-0.15, -0.1) is 0 Å². The average molecular weight is 308 g/mol. The molecule has 6 heteroatoms. The Bertz CT molecular complexity index is 629. The second-order valence-electron chi connectivity index (χ2n) is 4.10. The van der Waals surface area contributed by atoms with Crippen molar-refractivity contribution in [3.05, 3.63) is 54.1 Å². The maximum absolute atomic E-state index is 13.5. The molecule has 0 saturated heterocycles. The molecule has 0 fully saturated rings. The Morgan fingerprint density at radius 3 is 2.38 bits per heavy atom. The Labute approximate surface area is 126 Å². The van der Waals surface area contributed by atoms with Crippen molar-refractivity contribution in [2.24, 2.45) is 0 Å². The maximum atomic E-state index is 13.5. The lowest BCUT2D eigenvalue weighted by atomic mass is 10.3. The van der Waals surface area contributed by atoms with Crippen LogP contribution in [0.3, 0.4) is 0 Å². The predicted molar refractivity (Wildman–Crippen MR) is 83.8 cm³/mol. The van der Waals surface area contributed by atoms with Crippen molar-refractivity contribution in [2.75, 3.05) is 17.2 Å². The fourth-order valence-corrected chi connectivity index (χ4v) is 1.95. The van der Waals surface area contributed by atoms with E-state index in [2.05, 4.69) is 10.6 Å². The molecule has 0 spiro atoms. The van der Waals surface area contributed by atoms with Gasteiger partial charge in [0.15, 0.2) is 5.11 Å². The second kappa shape index (κ2) is 6.99. The Kier molecular flexibility index (Phi) is 5.05. The molecule has 2 N–H and O–H groups in total. The summed E-state index contributed by atoms with van der Waals surface area (Å²) < 4.78 is 32.5. The zero-order valence-corrected chi connectivity index (χ0v) is 12.1. The van der Waals surface area contributed by atoms with Crippen LogP contribution < -0.4 is 15.4 Å². The molecule has 0 unspecified atom stereocenters. The normalized spacial score (nSPS) is 10.0. The number of hydrogen-bond donors (Lipinski definition) is 2. The second-order valence-corrected chi connectivity index (χ2v) is 4.51. The molecule has 0 bridgehead atoms. The first-order valence-electron chi connectivity index (χ1n) is 6.35. The Hall–Kier alpha value is -2.21. The summed E-state index contributed by atoms with van der Waals surface area (Å²) in [5.41, 5.74) is 0.331. The van der Waals surface area contributed by atoms with Crippen LogP contribution in [-0.4, -0.2) is 11.7 Å². The van der Waals surface area contributed by atoms with E-state index in [-0.39, 0.29) is 10.8 Å². The van der Waals surface area contributed by atoms with E-state index in [9.17, 15) is 8.78 Å². The first kappa shape index (κ1) is 15.2. The molecule has 2 aromatic rings. The van der Waals surface area contributed by atoms with E-state index >= 15 is 0 Å². The smallest absolute Gasteiger partial charge is 0.175 e. The van der Waals surface area contributed by atoms with E-state index in [4.69, 9.17) is 17.0 Å². The number of anilines is 2. The molecule has 0 heterocycles. The van der Waals surface area contributed by atoms with Gasteiger partial charge >= 0.3 is 0 Å². The fraction of sp³-hybridized carbons (Fsp3) is 0.133. The summed E-state index contributed by atoms with van der Waals surface area (Å²) >= 11 is 5.07. The highest BCUT2D eigenvalue weighted by Crippen LogP contribution is 2.24. The monoisotopic (exact) mass is 308 g/mol. The number of benzene rings is 2. The van der Waals surface area contributed by atoms with Crippen molar-refractivity contribution in [3.63, 3.8) is 0 Å². The molecule has 0 saturated carbocycles. The number of halogens is 2. The molecular formula is C15H14F2N2OS. The molecule has 0 aliphatic rings. The quantitative estimate of drug-likeness (QED) is 0.831. The van der Waals surface area contributed by atoms with Crippen LogP contribution in [0, 0.1) is 11.6 Å². The highest BCUT2D eigenvalue weighted by Gasteiger charge is 2.11. The van der Waals surface area contributed by atoms with Crippen LogP contribution in [0.5, 0.6) is 5.75 Å². The van der Waals surface area contributed by atoms with Crippen molar-refractivity contribution in [1.82, 2.24) is 0 Å². The highest BCUT2D eigenvalue weighted by atomic mass is 32.1. The summed E-state index contributed by atoms with van der Waals surface area (Å²) in [6.07, 6.45) is 0. The average Bonchev–Trinajstić information content (AvgIpc) is 2.45. The van der Waals surface area contributed by atoms with Gasteiger partial charge in [0.05, 0.1) is 12.3 Å². The molecule has 0 aliphatic heterocycles.